The van der Waals surface area contributed by atoms with Gasteiger partial charge in [0.15, 0.2) is 0 Å². The van der Waals surface area contributed by atoms with Crippen LogP contribution in [-0.4, -0.2) is 17.9 Å². The summed E-state index contributed by atoms with van der Waals surface area (Å²) in [5, 5.41) is 4.62. The highest BCUT2D eigenvalue weighted by atomic mass is 16.2. The van der Waals surface area contributed by atoms with E-state index in [0.29, 0.717) is 5.56 Å². The van der Waals surface area contributed by atoms with Crippen molar-refractivity contribution in [2.24, 2.45) is 5.84 Å². The van der Waals surface area contributed by atoms with E-state index in [0.717, 1.165) is 10.8 Å². The molecule has 2 aromatic carbocycles. The van der Waals surface area contributed by atoms with Gasteiger partial charge in [0.1, 0.15) is 6.04 Å². The van der Waals surface area contributed by atoms with Gasteiger partial charge in [-0.05, 0) is 29.8 Å². The molecule has 98 valence electrons. The number of carbonyl (C=O) groups excluding carboxylic acids is 2. The number of nitrogens with two attached hydrogens (primary N) is 1. The van der Waals surface area contributed by atoms with Crippen LogP contribution in [0.1, 0.15) is 17.3 Å². The molecule has 0 bridgehead atoms. The maximum absolute atomic E-state index is 12.0. The van der Waals surface area contributed by atoms with Crippen molar-refractivity contribution in [3.05, 3.63) is 48.0 Å². The molecule has 0 spiro atoms. The highest BCUT2D eigenvalue weighted by molar-refractivity contribution is 6.00. The fourth-order valence-electron chi connectivity index (χ4n) is 1.80. The molecule has 0 fully saturated rings. The summed E-state index contributed by atoms with van der Waals surface area (Å²) in [4.78, 5) is 23.2. The largest absolute Gasteiger partial charge is 0.340 e. The van der Waals surface area contributed by atoms with Crippen LogP contribution >= 0.6 is 0 Å². The second kappa shape index (κ2) is 5.49. The average molecular weight is 257 g/mol. The van der Waals surface area contributed by atoms with Gasteiger partial charge < -0.3 is 5.32 Å². The minimum absolute atomic E-state index is 0.304. The van der Waals surface area contributed by atoms with Crippen LogP contribution in [-0.2, 0) is 4.79 Å². The lowest BCUT2D eigenvalue weighted by atomic mass is 10.1. The SMILES string of the molecule is C[C@H](NC(=O)c1ccc2ccccc2c1)C(=O)NN. The third-order valence-corrected chi connectivity index (χ3v) is 2.89. The Bertz CT molecular complexity index is 625. The Morgan fingerprint density at radius 2 is 1.79 bits per heavy atom. The van der Waals surface area contributed by atoms with Crippen LogP contribution in [0.5, 0.6) is 0 Å². The Kier molecular flexibility index (Phi) is 3.77. The number of carbonyl (C=O) groups is 2. The number of hydrogen-bond donors (Lipinski definition) is 3. The van der Waals surface area contributed by atoms with Crippen molar-refractivity contribution in [2.45, 2.75) is 13.0 Å². The second-order valence-corrected chi connectivity index (χ2v) is 4.27. The standard InChI is InChI=1S/C14H15N3O2/c1-9(13(18)17-15)16-14(19)12-7-6-10-4-2-3-5-11(10)8-12/h2-9H,15H2,1H3,(H,16,19)(H,17,18)/t9-/m0/s1. The summed E-state index contributed by atoms with van der Waals surface area (Å²) >= 11 is 0. The number of amides is 2. The molecule has 1 atom stereocenters. The van der Waals surface area contributed by atoms with E-state index < -0.39 is 11.9 Å². The first-order valence-electron chi connectivity index (χ1n) is 5.92. The first-order chi connectivity index (χ1) is 9.11. The molecule has 0 aliphatic carbocycles. The van der Waals surface area contributed by atoms with Gasteiger partial charge in [-0.3, -0.25) is 15.0 Å². The van der Waals surface area contributed by atoms with Crippen LogP contribution in [0.3, 0.4) is 0 Å². The van der Waals surface area contributed by atoms with Crippen molar-refractivity contribution in [3.63, 3.8) is 0 Å². The molecular formula is C14H15N3O2. The summed E-state index contributed by atoms with van der Waals surface area (Å²) in [6.45, 7) is 1.57. The molecule has 0 aliphatic rings. The Morgan fingerprint density at radius 1 is 1.11 bits per heavy atom. The second-order valence-electron chi connectivity index (χ2n) is 4.27. The fourth-order valence-corrected chi connectivity index (χ4v) is 1.80. The number of nitrogens with one attached hydrogen (secondary N) is 2. The number of hydrogen-bond acceptors (Lipinski definition) is 3. The maximum atomic E-state index is 12.0. The Morgan fingerprint density at radius 3 is 2.47 bits per heavy atom. The van der Waals surface area contributed by atoms with Gasteiger partial charge in [-0.25, -0.2) is 5.84 Å². The molecule has 0 aliphatic heterocycles. The zero-order valence-electron chi connectivity index (χ0n) is 10.5. The Labute approximate surface area is 110 Å². The van der Waals surface area contributed by atoms with Crippen molar-refractivity contribution >= 4 is 22.6 Å². The summed E-state index contributed by atoms with van der Waals surface area (Å²) < 4.78 is 0. The summed E-state index contributed by atoms with van der Waals surface area (Å²) in [7, 11) is 0. The van der Waals surface area contributed by atoms with Gasteiger partial charge in [0.2, 0.25) is 0 Å². The summed E-state index contributed by atoms with van der Waals surface area (Å²) in [6.07, 6.45) is 0. The van der Waals surface area contributed by atoms with Gasteiger partial charge in [-0.2, -0.15) is 0 Å². The molecule has 0 radical (unpaired) electrons. The molecule has 0 saturated carbocycles. The van der Waals surface area contributed by atoms with E-state index in [4.69, 9.17) is 5.84 Å². The zero-order chi connectivity index (χ0) is 13.8. The number of benzene rings is 2. The zero-order valence-corrected chi connectivity index (χ0v) is 10.5. The van der Waals surface area contributed by atoms with Gasteiger partial charge in [-0.1, -0.05) is 30.3 Å². The molecule has 2 aromatic rings. The highest BCUT2D eigenvalue weighted by Gasteiger charge is 2.15. The van der Waals surface area contributed by atoms with Crippen LogP contribution in [0, 0.1) is 0 Å². The van der Waals surface area contributed by atoms with E-state index in [1.807, 2.05) is 35.8 Å². The van der Waals surface area contributed by atoms with Crippen molar-refractivity contribution in [2.75, 3.05) is 0 Å². The maximum Gasteiger partial charge on any atom is 0.256 e. The molecule has 19 heavy (non-hydrogen) atoms. The highest BCUT2D eigenvalue weighted by Crippen LogP contribution is 2.15. The molecule has 0 heterocycles. The monoisotopic (exact) mass is 257 g/mol. The molecular weight excluding hydrogens is 242 g/mol. The topological polar surface area (TPSA) is 84.2 Å². The first kappa shape index (κ1) is 13.0. The van der Waals surface area contributed by atoms with Crippen molar-refractivity contribution in [1.29, 1.82) is 0 Å². The molecule has 4 N–H and O–H groups in total. The van der Waals surface area contributed by atoms with Crippen LogP contribution < -0.4 is 16.6 Å². The predicted octanol–water partition coefficient (Wildman–Crippen LogP) is 0.948. The van der Waals surface area contributed by atoms with Crippen LogP contribution in [0.2, 0.25) is 0 Å². The molecule has 5 nitrogen and oxygen atoms in total. The normalized spacial score (nSPS) is 11.9. The molecule has 0 aromatic heterocycles. The van der Waals surface area contributed by atoms with Crippen LogP contribution in [0.25, 0.3) is 10.8 Å². The number of hydrazine groups is 1. The molecule has 5 heteroatoms. The fraction of sp³-hybridized carbons (Fsp3) is 0.143. The summed E-state index contributed by atoms with van der Waals surface area (Å²) in [5.74, 6) is 4.27. The van der Waals surface area contributed by atoms with E-state index in [9.17, 15) is 9.59 Å². The first-order valence-corrected chi connectivity index (χ1v) is 5.92. The smallest absolute Gasteiger partial charge is 0.256 e. The molecule has 0 saturated heterocycles. The Hall–Kier alpha value is -2.40. The lowest BCUT2D eigenvalue weighted by Gasteiger charge is -2.12. The van der Waals surface area contributed by atoms with E-state index in [1.54, 1.807) is 19.1 Å². The minimum Gasteiger partial charge on any atom is -0.340 e. The van der Waals surface area contributed by atoms with Crippen LogP contribution in [0.15, 0.2) is 42.5 Å². The van der Waals surface area contributed by atoms with Gasteiger partial charge in [0.25, 0.3) is 11.8 Å². The quantitative estimate of drug-likeness (QED) is 0.435. The van der Waals surface area contributed by atoms with Gasteiger partial charge in [-0.15, -0.1) is 0 Å². The number of rotatable bonds is 3. The third kappa shape index (κ3) is 2.89. The van der Waals surface area contributed by atoms with Crippen LogP contribution in [0.4, 0.5) is 0 Å². The molecule has 0 unspecified atom stereocenters. The summed E-state index contributed by atoms with van der Waals surface area (Å²) in [6, 6.07) is 12.5. The van der Waals surface area contributed by atoms with Gasteiger partial charge in [0.05, 0.1) is 0 Å². The third-order valence-electron chi connectivity index (χ3n) is 2.89. The number of fused-ring (bicyclic) bond motifs is 1. The molecule has 2 amide bonds. The lowest BCUT2D eigenvalue weighted by Crippen LogP contribution is -2.47. The Balaban J connectivity index is 2.19. The van der Waals surface area contributed by atoms with Gasteiger partial charge >= 0.3 is 0 Å². The van der Waals surface area contributed by atoms with E-state index in [2.05, 4.69) is 5.32 Å². The summed E-state index contributed by atoms with van der Waals surface area (Å²) in [5.41, 5.74) is 2.51. The lowest BCUT2D eigenvalue weighted by molar-refractivity contribution is -0.122. The predicted molar refractivity (Wildman–Crippen MR) is 73.2 cm³/mol. The van der Waals surface area contributed by atoms with Crippen molar-refractivity contribution in [3.8, 4) is 0 Å². The average Bonchev–Trinajstić information content (AvgIpc) is 2.45. The van der Waals surface area contributed by atoms with Crippen molar-refractivity contribution < 1.29 is 9.59 Å². The van der Waals surface area contributed by atoms with E-state index >= 15 is 0 Å². The van der Waals surface area contributed by atoms with E-state index in [-0.39, 0.29) is 5.91 Å². The van der Waals surface area contributed by atoms with Crippen molar-refractivity contribution in [1.82, 2.24) is 10.7 Å². The molecule has 2 rings (SSSR count). The van der Waals surface area contributed by atoms with Gasteiger partial charge in [0, 0.05) is 5.56 Å². The van der Waals surface area contributed by atoms with E-state index in [1.165, 1.54) is 0 Å². The minimum atomic E-state index is -0.677.